The molecule has 2 aromatic rings. The van der Waals surface area contributed by atoms with E-state index in [0.29, 0.717) is 56.4 Å². The summed E-state index contributed by atoms with van der Waals surface area (Å²) in [5, 5.41) is 12.7. The van der Waals surface area contributed by atoms with Crippen LogP contribution in [-0.2, 0) is 0 Å². The molecule has 14 heteroatoms. The van der Waals surface area contributed by atoms with E-state index in [1.807, 2.05) is 4.90 Å². The van der Waals surface area contributed by atoms with Crippen molar-refractivity contribution in [3.05, 3.63) is 33.7 Å². The molecule has 6 N–H and O–H groups in total. The quantitative estimate of drug-likeness (QED) is 0.348. The van der Waals surface area contributed by atoms with Gasteiger partial charge in [0, 0.05) is 44.8 Å². The van der Waals surface area contributed by atoms with Crippen molar-refractivity contribution in [1.29, 1.82) is 0 Å². The Kier molecular flexibility index (Phi) is 8.23. The number of nitrogens with one attached hydrogen (secondary N) is 1. The van der Waals surface area contributed by atoms with Gasteiger partial charge in [-0.05, 0) is 44.2 Å². The number of nitrogen functional groups attached to an aromatic ring is 2. The van der Waals surface area contributed by atoms with Gasteiger partial charge >= 0.3 is 0 Å². The van der Waals surface area contributed by atoms with Crippen molar-refractivity contribution in [3.63, 3.8) is 0 Å². The third-order valence-corrected chi connectivity index (χ3v) is 8.72. The Labute approximate surface area is 243 Å². The van der Waals surface area contributed by atoms with Gasteiger partial charge < -0.3 is 31.7 Å². The summed E-state index contributed by atoms with van der Waals surface area (Å²) in [4.78, 5) is 44.9. The van der Waals surface area contributed by atoms with Crippen LogP contribution in [0.3, 0.4) is 0 Å². The molecule has 5 rings (SSSR count). The molecule has 1 aliphatic carbocycles. The predicted molar refractivity (Wildman–Crippen MR) is 154 cm³/mol. The van der Waals surface area contributed by atoms with Gasteiger partial charge in [0.2, 0.25) is 0 Å². The van der Waals surface area contributed by atoms with Crippen molar-refractivity contribution in [2.45, 2.75) is 56.7 Å². The minimum absolute atomic E-state index is 0.00896. The molecule has 40 heavy (non-hydrogen) atoms. The highest BCUT2D eigenvalue weighted by Crippen LogP contribution is 2.35. The van der Waals surface area contributed by atoms with E-state index in [-0.39, 0.29) is 46.2 Å². The Morgan fingerprint density at radius 2 is 1.80 bits per heavy atom. The van der Waals surface area contributed by atoms with Gasteiger partial charge in [0.1, 0.15) is 11.0 Å². The van der Waals surface area contributed by atoms with E-state index < -0.39 is 11.4 Å². The van der Waals surface area contributed by atoms with Crippen molar-refractivity contribution in [3.8, 4) is 0 Å². The fourth-order valence-corrected chi connectivity index (χ4v) is 6.07. The Balaban J connectivity index is 1.21. The maximum atomic E-state index is 13.0. The lowest BCUT2D eigenvalue weighted by atomic mass is 9.97. The number of piperidine rings is 1. The molecular formula is C26H35Cl2N9O3. The standard InChI is InChI=1S/C26H35Cl2N9O3/c1-2-15-13-36(23-20(28)32-19(22(30)33-23)24(39)34-26(14-38)7-8-26)11-12-37(15)16-5-9-35(10-6-16)25(40)17-3-4-18(27)31-21(17)29/h3-4,15-16,38H,2,5-14H2,1H3,(H2,29,31)(H2,30,33)(H,34,39)/t15-/m0/s1. The number of rotatable bonds is 7. The van der Waals surface area contributed by atoms with Crippen molar-refractivity contribution in [2.75, 3.05) is 55.7 Å². The molecule has 2 aromatic heterocycles. The first kappa shape index (κ1) is 28.6. The summed E-state index contributed by atoms with van der Waals surface area (Å²) in [6.45, 7) is 5.45. The fourth-order valence-electron chi connectivity index (χ4n) is 5.67. The topological polar surface area (TPSA) is 167 Å². The highest BCUT2D eigenvalue weighted by atomic mass is 35.5. The minimum atomic E-state index is -0.592. The van der Waals surface area contributed by atoms with E-state index in [1.165, 1.54) is 0 Å². The highest BCUT2D eigenvalue weighted by Gasteiger charge is 2.44. The number of piperazine rings is 1. The number of aliphatic hydroxyl groups excluding tert-OH is 1. The Hall–Kier alpha value is -2.93. The highest BCUT2D eigenvalue weighted by molar-refractivity contribution is 6.32. The summed E-state index contributed by atoms with van der Waals surface area (Å²) in [5.41, 5.74) is 11.8. The molecule has 2 saturated heterocycles. The van der Waals surface area contributed by atoms with Crippen LogP contribution in [0, 0.1) is 0 Å². The molecule has 216 valence electrons. The van der Waals surface area contributed by atoms with Gasteiger partial charge in [-0.25, -0.2) is 15.0 Å². The maximum Gasteiger partial charge on any atom is 0.274 e. The molecule has 12 nitrogen and oxygen atoms in total. The number of halogens is 2. The average Bonchev–Trinajstić information content (AvgIpc) is 3.73. The summed E-state index contributed by atoms with van der Waals surface area (Å²) >= 11 is 12.4. The number of hydrogen-bond donors (Lipinski definition) is 4. The van der Waals surface area contributed by atoms with Crippen LogP contribution in [0.1, 0.15) is 59.9 Å². The molecule has 4 heterocycles. The van der Waals surface area contributed by atoms with Crippen LogP contribution in [0.25, 0.3) is 0 Å². The largest absolute Gasteiger partial charge is 0.394 e. The number of amides is 2. The molecule has 2 amide bonds. The summed E-state index contributed by atoms with van der Waals surface area (Å²) in [5.74, 6) is 0.0147. The van der Waals surface area contributed by atoms with E-state index in [0.717, 1.165) is 25.8 Å². The zero-order valence-electron chi connectivity index (χ0n) is 22.4. The second-order valence-corrected chi connectivity index (χ2v) is 11.5. The van der Waals surface area contributed by atoms with Gasteiger partial charge in [-0.3, -0.25) is 14.5 Å². The number of nitrogens with zero attached hydrogens (tertiary/aromatic N) is 6. The Morgan fingerprint density at radius 1 is 1.07 bits per heavy atom. The summed E-state index contributed by atoms with van der Waals surface area (Å²) in [6.07, 6.45) is 4.06. The van der Waals surface area contributed by atoms with Gasteiger partial charge in [-0.15, -0.1) is 0 Å². The number of hydrogen-bond acceptors (Lipinski definition) is 10. The van der Waals surface area contributed by atoms with Gasteiger partial charge in [0.25, 0.3) is 11.8 Å². The zero-order chi connectivity index (χ0) is 28.6. The second kappa shape index (κ2) is 11.5. The Bertz CT molecular complexity index is 1280. The summed E-state index contributed by atoms with van der Waals surface area (Å²) in [6, 6.07) is 3.80. The number of anilines is 3. The van der Waals surface area contributed by atoms with Crippen LogP contribution in [-0.4, -0.2) is 98.6 Å². The smallest absolute Gasteiger partial charge is 0.274 e. The lowest BCUT2D eigenvalue weighted by molar-refractivity contribution is 0.0491. The molecule has 3 aliphatic rings. The summed E-state index contributed by atoms with van der Waals surface area (Å²) in [7, 11) is 0. The first-order valence-electron chi connectivity index (χ1n) is 13.6. The van der Waals surface area contributed by atoms with Crippen LogP contribution in [0.15, 0.2) is 12.1 Å². The van der Waals surface area contributed by atoms with E-state index in [1.54, 1.807) is 12.1 Å². The van der Waals surface area contributed by atoms with Gasteiger partial charge in [0.05, 0.1) is 17.7 Å². The number of nitrogens with two attached hydrogens (primary N) is 2. The molecule has 1 saturated carbocycles. The van der Waals surface area contributed by atoms with Crippen LogP contribution < -0.4 is 21.7 Å². The normalized spacial score (nSPS) is 21.4. The van der Waals surface area contributed by atoms with E-state index in [4.69, 9.17) is 34.7 Å². The second-order valence-electron chi connectivity index (χ2n) is 10.8. The van der Waals surface area contributed by atoms with Gasteiger partial charge in [-0.2, -0.15) is 0 Å². The van der Waals surface area contributed by atoms with E-state index in [2.05, 4.69) is 37.0 Å². The SMILES string of the molecule is CC[C@H]1CN(c2nc(N)c(C(=O)NC3(CO)CC3)nc2Cl)CCN1C1CCN(C(=O)c2ccc(Cl)nc2N)CC1. The van der Waals surface area contributed by atoms with Crippen LogP contribution >= 0.6 is 23.2 Å². The van der Waals surface area contributed by atoms with Crippen molar-refractivity contribution < 1.29 is 14.7 Å². The molecular weight excluding hydrogens is 557 g/mol. The number of carbonyl (C=O) groups is 2. The first-order valence-corrected chi connectivity index (χ1v) is 14.4. The van der Waals surface area contributed by atoms with Crippen LogP contribution in [0.2, 0.25) is 10.3 Å². The van der Waals surface area contributed by atoms with E-state index >= 15 is 0 Å². The van der Waals surface area contributed by atoms with Crippen molar-refractivity contribution in [2.24, 2.45) is 0 Å². The molecule has 0 spiro atoms. The Morgan fingerprint density at radius 3 is 2.42 bits per heavy atom. The molecule has 0 unspecified atom stereocenters. The lowest BCUT2D eigenvalue weighted by Crippen LogP contribution is -2.58. The maximum absolute atomic E-state index is 13.0. The first-order chi connectivity index (χ1) is 19.1. The molecule has 2 aliphatic heterocycles. The monoisotopic (exact) mass is 591 g/mol. The van der Waals surface area contributed by atoms with Gasteiger partial charge in [-0.1, -0.05) is 30.1 Å². The lowest BCUT2D eigenvalue weighted by Gasteiger charge is -2.47. The predicted octanol–water partition coefficient (Wildman–Crippen LogP) is 1.80. The van der Waals surface area contributed by atoms with Crippen molar-refractivity contribution in [1.82, 2.24) is 30.1 Å². The van der Waals surface area contributed by atoms with E-state index in [9.17, 15) is 14.7 Å². The van der Waals surface area contributed by atoms with Crippen LogP contribution in [0.5, 0.6) is 0 Å². The zero-order valence-corrected chi connectivity index (χ0v) is 24.0. The molecule has 3 fully saturated rings. The van der Waals surface area contributed by atoms with Crippen LogP contribution in [0.4, 0.5) is 17.5 Å². The third kappa shape index (κ3) is 5.76. The number of carbonyl (C=O) groups excluding carboxylic acids is 2. The molecule has 1 atom stereocenters. The molecule has 0 aromatic carbocycles. The number of likely N-dealkylation sites (tertiary alicyclic amines) is 1. The van der Waals surface area contributed by atoms with Gasteiger partial charge in [0.15, 0.2) is 22.5 Å². The third-order valence-electron chi connectivity index (χ3n) is 8.25. The molecule has 0 radical (unpaired) electrons. The molecule has 0 bridgehead atoms. The van der Waals surface area contributed by atoms with Crippen molar-refractivity contribution >= 4 is 52.5 Å². The minimum Gasteiger partial charge on any atom is -0.394 e. The fraction of sp³-hybridized carbons (Fsp3) is 0.577. The summed E-state index contributed by atoms with van der Waals surface area (Å²) < 4.78 is 0. The number of aromatic nitrogens is 3. The average molecular weight is 593 g/mol. The number of pyridine rings is 1. The number of aliphatic hydroxyl groups is 1.